The summed E-state index contributed by atoms with van der Waals surface area (Å²) < 4.78 is 9.79. The molecule has 2 nitrogen and oxygen atoms in total. The molecule has 0 aromatic rings. The Morgan fingerprint density at radius 3 is 2.00 bits per heavy atom. The molecule has 0 spiro atoms. The second-order valence-electron chi connectivity index (χ2n) is 1.36. The molecule has 0 aromatic carbocycles. The summed E-state index contributed by atoms with van der Waals surface area (Å²) in [7, 11) is 3.29. The van der Waals surface area contributed by atoms with Crippen LogP contribution >= 0.6 is 11.8 Å². The Morgan fingerprint density at radius 1 is 1.38 bits per heavy atom. The zero-order valence-corrected chi connectivity index (χ0v) is 6.33. The van der Waals surface area contributed by atoms with Crippen molar-refractivity contribution in [3.63, 3.8) is 0 Å². The molecule has 0 bridgehead atoms. The largest absolute Gasteiger partial charge is 0.355 e. The molecule has 0 fully saturated rings. The average molecular weight is 136 g/mol. The van der Waals surface area contributed by atoms with Gasteiger partial charge in [0.1, 0.15) is 0 Å². The molecule has 0 unspecified atom stereocenters. The van der Waals surface area contributed by atoms with Gasteiger partial charge in [0.15, 0.2) is 6.29 Å². The molecule has 0 heterocycles. The van der Waals surface area contributed by atoms with Crippen LogP contribution in [0.4, 0.5) is 0 Å². The molecule has 0 aromatic heterocycles. The van der Waals surface area contributed by atoms with Crippen molar-refractivity contribution in [2.24, 2.45) is 0 Å². The van der Waals surface area contributed by atoms with E-state index in [1.165, 1.54) is 0 Å². The van der Waals surface area contributed by atoms with Gasteiger partial charge >= 0.3 is 0 Å². The average Bonchev–Trinajstić information content (AvgIpc) is 1.83. The van der Waals surface area contributed by atoms with Crippen molar-refractivity contribution < 1.29 is 9.47 Å². The van der Waals surface area contributed by atoms with Crippen molar-refractivity contribution in [2.75, 3.05) is 26.2 Å². The maximum Gasteiger partial charge on any atom is 0.165 e. The molecule has 0 aliphatic heterocycles. The smallest absolute Gasteiger partial charge is 0.165 e. The van der Waals surface area contributed by atoms with Crippen LogP contribution in [0.15, 0.2) is 0 Å². The van der Waals surface area contributed by atoms with Crippen molar-refractivity contribution in [1.29, 1.82) is 0 Å². The van der Waals surface area contributed by atoms with Crippen LogP contribution in [0.1, 0.15) is 0 Å². The second-order valence-corrected chi connectivity index (χ2v) is 2.27. The highest BCUT2D eigenvalue weighted by Crippen LogP contribution is 1.99. The predicted molar refractivity (Wildman–Crippen MR) is 36.2 cm³/mol. The summed E-state index contributed by atoms with van der Waals surface area (Å²) in [5.74, 6) is 0.896. The number of hydrogen-bond donors (Lipinski definition) is 0. The fraction of sp³-hybridized carbons (Fsp3) is 1.00. The van der Waals surface area contributed by atoms with E-state index in [-0.39, 0.29) is 6.29 Å². The lowest BCUT2D eigenvalue weighted by molar-refractivity contribution is -0.0841. The first-order chi connectivity index (χ1) is 3.85. The minimum atomic E-state index is -0.0370. The Balaban J connectivity index is 3.07. The molecule has 50 valence electrons. The Morgan fingerprint density at radius 2 is 1.88 bits per heavy atom. The standard InChI is InChI=1S/C5H12O2S/c1-6-5(7-2)4-8-3/h5H,4H2,1-3H3. The number of hydrogen-bond acceptors (Lipinski definition) is 3. The van der Waals surface area contributed by atoms with Gasteiger partial charge in [-0.25, -0.2) is 0 Å². The van der Waals surface area contributed by atoms with Gasteiger partial charge in [0.05, 0.1) is 0 Å². The Bertz CT molecular complexity index is 45.7. The van der Waals surface area contributed by atoms with Gasteiger partial charge in [-0.1, -0.05) is 0 Å². The van der Waals surface area contributed by atoms with Crippen molar-refractivity contribution in [3.8, 4) is 0 Å². The maximum atomic E-state index is 4.90. The Kier molecular flexibility index (Phi) is 5.59. The first-order valence-electron chi connectivity index (χ1n) is 2.39. The van der Waals surface area contributed by atoms with Crippen LogP contribution in [0.5, 0.6) is 0 Å². The fourth-order valence-electron chi connectivity index (χ4n) is 0.368. The van der Waals surface area contributed by atoms with E-state index in [2.05, 4.69) is 0 Å². The van der Waals surface area contributed by atoms with Crippen LogP contribution in [-0.4, -0.2) is 32.5 Å². The molecule has 0 saturated carbocycles. The fourth-order valence-corrected chi connectivity index (χ4v) is 0.913. The number of thioether (sulfide) groups is 1. The van der Waals surface area contributed by atoms with Gasteiger partial charge < -0.3 is 9.47 Å². The summed E-state index contributed by atoms with van der Waals surface area (Å²) >= 11 is 1.71. The predicted octanol–water partition coefficient (Wildman–Crippen LogP) is 0.968. The summed E-state index contributed by atoms with van der Waals surface area (Å²) in [6.45, 7) is 0. The first kappa shape index (κ1) is 8.27. The van der Waals surface area contributed by atoms with Gasteiger partial charge in [0.2, 0.25) is 0 Å². The Labute approximate surface area is 54.5 Å². The van der Waals surface area contributed by atoms with Crippen molar-refractivity contribution >= 4 is 11.8 Å². The number of ether oxygens (including phenoxy) is 2. The lowest BCUT2D eigenvalue weighted by Crippen LogP contribution is -2.15. The van der Waals surface area contributed by atoms with Gasteiger partial charge in [-0.05, 0) is 6.26 Å². The van der Waals surface area contributed by atoms with Gasteiger partial charge in [-0.15, -0.1) is 0 Å². The maximum absolute atomic E-state index is 4.90. The van der Waals surface area contributed by atoms with Crippen LogP contribution in [-0.2, 0) is 9.47 Å². The molecule has 0 rings (SSSR count). The third-order valence-electron chi connectivity index (χ3n) is 0.829. The Hall–Kier alpha value is 0.270. The van der Waals surface area contributed by atoms with Crippen LogP contribution in [0.25, 0.3) is 0 Å². The second kappa shape index (κ2) is 5.41. The molecule has 0 amide bonds. The lowest BCUT2D eigenvalue weighted by Gasteiger charge is -2.09. The third-order valence-corrected chi connectivity index (χ3v) is 1.43. The summed E-state index contributed by atoms with van der Waals surface area (Å²) in [5.41, 5.74) is 0. The molecule has 8 heavy (non-hydrogen) atoms. The summed E-state index contributed by atoms with van der Waals surface area (Å²) in [4.78, 5) is 0. The zero-order chi connectivity index (χ0) is 6.41. The molecule has 0 radical (unpaired) electrons. The molecule has 0 aliphatic carbocycles. The summed E-state index contributed by atoms with van der Waals surface area (Å²) in [6, 6.07) is 0. The molecule has 0 atom stereocenters. The highest BCUT2D eigenvalue weighted by atomic mass is 32.2. The van der Waals surface area contributed by atoms with Crippen LogP contribution in [0, 0.1) is 0 Å². The molecule has 0 aliphatic rings. The van der Waals surface area contributed by atoms with Crippen molar-refractivity contribution in [1.82, 2.24) is 0 Å². The van der Waals surface area contributed by atoms with Gasteiger partial charge in [0.25, 0.3) is 0 Å². The summed E-state index contributed by atoms with van der Waals surface area (Å²) in [5, 5.41) is 0. The molecule has 3 heteroatoms. The van der Waals surface area contributed by atoms with Crippen molar-refractivity contribution in [2.45, 2.75) is 6.29 Å². The third kappa shape index (κ3) is 3.29. The van der Waals surface area contributed by atoms with E-state index >= 15 is 0 Å². The quantitative estimate of drug-likeness (QED) is 0.536. The van der Waals surface area contributed by atoms with Gasteiger partial charge in [-0.2, -0.15) is 11.8 Å². The van der Waals surface area contributed by atoms with E-state index in [9.17, 15) is 0 Å². The topological polar surface area (TPSA) is 18.5 Å². The number of rotatable bonds is 4. The molecule has 0 saturated heterocycles. The van der Waals surface area contributed by atoms with E-state index in [0.717, 1.165) is 5.75 Å². The molecular formula is C5H12O2S. The minimum absolute atomic E-state index is 0.0370. The monoisotopic (exact) mass is 136 g/mol. The van der Waals surface area contributed by atoms with Gasteiger partial charge in [-0.3, -0.25) is 0 Å². The molecule has 0 N–H and O–H groups in total. The minimum Gasteiger partial charge on any atom is -0.355 e. The van der Waals surface area contributed by atoms with E-state index in [0.29, 0.717) is 0 Å². The van der Waals surface area contributed by atoms with Crippen LogP contribution in [0.2, 0.25) is 0 Å². The van der Waals surface area contributed by atoms with Crippen LogP contribution in [0.3, 0.4) is 0 Å². The summed E-state index contributed by atoms with van der Waals surface area (Å²) in [6.07, 6.45) is 1.98. The normalized spacial score (nSPS) is 10.5. The number of methoxy groups -OCH3 is 2. The SMILES string of the molecule is COC(CSC)OC. The lowest BCUT2D eigenvalue weighted by atomic mass is 10.7. The van der Waals surface area contributed by atoms with Gasteiger partial charge in [0, 0.05) is 20.0 Å². The van der Waals surface area contributed by atoms with E-state index < -0.39 is 0 Å². The highest BCUT2D eigenvalue weighted by molar-refractivity contribution is 7.98. The van der Waals surface area contributed by atoms with E-state index in [1.54, 1.807) is 26.0 Å². The van der Waals surface area contributed by atoms with E-state index in [1.807, 2.05) is 6.26 Å². The van der Waals surface area contributed by atoms with Crippen molar-refractivity contribution in [3.05, 3.63) is 0 Å². The zero-order valence-electron chi connectivity index (χ0n) is 5.51. The first-order valence-corrected chi connectivity index (χ1v) is 3.79. The highest BCUT2D eigenvalue weighted by Gasteiger charge is 2.00. The van der Waals surface area contributed by atoms with E-state index in [4.69, 9.17) is 9.47 Å². The van der Waals surface area contributed by atoms with Crippen LogP contribution < -0.4 is 0 Å². The molecular weight excluding hydrogens is 124 g/mol.